The molecule has 0 heterocycles. The van der Waals surface area contributed by atoms with Gasteiger partial charge in [0.15, 0.2) is 0 Å². The van der Waals surface area contributed by atoms with Crippen LogP contribution in [0.25, 0.3) is 0 Å². The summed E-state index contributed by atoms with van der Waals surface area (Å²) in [4.78, 5) is 0. The molecule has 2 N–H and O–H groups in total. The van der Waals surface area contributed by atoms with Crippen molar-refractivity contribution in [2.45, 2.75) is 39.0 Å². The number of hydrogen-bond acceptors (Lipinski definition) is 1. The Labute approximate surface area is 64.0 Å². The van der Waals surface area contributed by atoms with E-state index in [1.807, 2.05) is 0 Å². The lowest BCUT2D eigenvalue weighted by molar-refractivity contribution is 0.346. The second-order valence-corrected chi connectivity index (χ2v) is 3.61. The summed E-state index contributed by atoms with van der Waals surface area (Å²) in [6, 6.07) is 0. The molecule has 0 saturated heterocycles. The normalized spacial score (nSPS) is 35.4. The largest absolute Gasteiger partial charge is 0.330 e. The van der Waals surface area contributed by atoms with Crippen molar-refractivity contribution in [2.24, 2.45) is 17.6 Å². The topological polar surface area (TPSA) is 26.0 Å². The van der Waals surface area contributed by atoms with Crippen LogP contribution < -0.4 is 5.73 Å². The molecule has 1 heteroatoms. The standard InChI is InChI=1S/C9H19N/c1-8-5-3-2-4-6-9(8)7-10/h8-9H,2-7,10H2,1H3. The zero-order valence-electron chi connectivity index (χ0n) is 6.97. The van der Waals surface area contributed by atoms with Crippen molar-refractivity contribution in [1.82, 2.24) is 0 Å². The zero-order chi connectivity index (χ0) is 7.40. The Morgan fingerprint density at radius 1 is 1.20 bits per heavy atom. The second-order valence-electron chi connectivity index (χ2n) is 3.61. The molecule has 1 nitrogen and oxygen atoms in total. The third kappa shape index (κ3) is 1.98. The van der Waals surface area contributed by atoms with Crippen LogP contribution >= 0.6 is 0 Å². The van der Waals surface area contributed by atoms with Crippen molar-refractivity contribution in [3.63, 3.8) is 0 Å². The summed E-state index contributed by atoms with van der Waals surface area (Å²) in [5.41, 5.74) is 5.66. The summed E-state index contributed by atoms with van der Waals surface area (Å²) >= 11 is 0. The molecule has 0 spiro atoms. The first-order valence-electron chi connectivity index (χ1n) is 4.54. The molecule has 10 heavy (non-hydrogen) atoms. The van der Waals surface area contributed by atoms with Crippen LogP contribution in [0.5, 0.6) is 0 Å². The Bertz CT molecular complexity index is 90.7. The molecule has 0 aliphatic heterocycles. The molecular weight excluding hydrogens is 122 g/mol. The molecule has 0 aromatic heterocycles. The monoisotopic (exact) mass is 141 g/mol. The van der Waals surface area contributed by atoms with Crippen LogP contribution in [0.4, 0.5) is 0 Å². The van der Waals surface area contributed by atoms with Gasteiger partial charge in [0, 0.05) is 0 Å². The van der Waals surface area contributed by atoms with Gasteiger partial charge in [0.1, 0.15) is 0 Å². The summed E-state index contributed by atoms with van der Waals surface area (Å²) in [5.74, 6) is 1.70. The highest BCUT2D eigenvalue weighted by molar-refractivity contribution is 4.70. The lowest BCUT2D eigenvalue weighted by Crippen LogP contribution is -2.20. The van der Waals surface area contributed by atoms with Crippen LogP contribution in [-0.2, 0) is 0 Å². The molecule has 2 atom stereocenters. The average molecular weight is 141 g/mol. The Kier molecular flexibility index (Phi) is 3.20. The minimum absolute atomic E-state index is 0.822. The molecule has 0 amide bonds. The molecule has 0 radical (unpaired) electrons. The van der Waals surface area contributed by atoms with Gasteiger partial charge in [-0.05, 0) is 24.8 Å². The predicted molar refractivity (Wildman–Crippen MR) is 44.8 cm³/mol. The van der Waals surface area contributed by atoms with Crippen LogP contribution in [0.15, 0.2) is 0 Å². The second kappa shape index (κ2) is 3.97. The van der Waals surface area contributed by atoms with E-state index in [-0.39, 0.29) is 0 Å². The van der Waals surface area contributed by atoms with E-state index < -0.39 is 0 Å². The molecule has 1 rings (SSSR count). The van der Waals surface area contributed by atoms with Crippen molar-refractivity contribution < 1.29 is 0 Å². The lowest BCUT2D eigenvalue weighted by atomic mass is 9.90. The first kappa shape index (κ1) is 8.06. The molecule has 0 aromatic rings. The highest BCUT2D eigenvalue weighted by Gasteiger charge is 2.17. The Morgan fingerprint density at radius 2 is 1.90 bits per heavy atom. The van der Waals surface area contributed by atoms with E-state index in [1.165, 1.54) is 32.1 Å². The van der Waals surface area contributed by atoms with Gasteiger partial charge in [-0.3, -0.25) is 0 Å². The van der Waals surface area contributed by atoms with Crippen molar-refractivity contribution in [3.8, 4) is 0 Å². The molecule has 60 valence electrons. The molecule has 2 unspecified atom stereocenters. The molecular formula is C9H19N. The summed E-state index contributed by atoms with van der Waals surface area (Å²) < 4.78 is 0. The summed E-state index contributed by atoms with van der Waals surface area (Å²) in [6.07, 6.45) is 7.05. The van der Waals surface area contributed by atoms with Gasteiger partial charge in [-0.1, -0.05) is 32.6 Å². The van der Waals surface area contributed by atoms with Gasteiger partial charge in [0.05, 0.1) is 0 Å². The predicted octanol–water partition coefficient (Wildman–Crippen LogP) is 2.16. The number of rotatable bonds is 1. The molecule has 1 aliphatic carbocycles. The first-order valence-corrected chi connectivity index (χ1v) is 4.54. The van der Waals surface area contributed by atoms with Crippen LogP contribution in [0.2, 0.25) is 0 Å². The third-order valence-electron chi connectivity index (χ3n) is 2.84. The maximum atomic E-state index is 5.66. The Hall–Kier alpha value is -0.0400. The van der Waals surface area contributed by atoms with E-state index in [4.69, 9.17) is 5.73 Å². The van der Waals surface area contributed by atoms with E-state index in [1.54, 1.807) is 0 Å². The van der Waals surface area contributed by atoms with E-state index in [2.05, 4.69) is 6.92 Å². The lowest BCUT2D eigenvalue weighted by Gasteiger charge is -2.18. The fourth-order valence-electron chi connectivity index (χ4n) is 1.92. The van der Waals surface area contributed by atoms with E-state index in [0.717, 1.165) is 18.4 Å². The third-order valence-corrected chi connectivity index (χ3v) is 2.84. The maximum absolute atomic E-state index is 5.66. The van der Waals surface area contributed by atoms with Crippen LogP contribution in [0.1, 0.15) is 39.0 Å². The zero-order valence-corrected chi connectivity index (χ0v) is 6.97. The van der Waals surface area contributed by atoms with Gasteiger partial charge >= 0.3 is 0 Å². The van der Waals surface area contributed by atoms with E-state index in [0.29, 0.717) is 0 Å². The molecule has 1 aliphatic rings. The summed E-state index contributed by atoms with van der Waals surface area (Å²) in [7, 11) is 0. The van der Waals surface area contributed by atoms with Gasteiger partial charge in [-0.2, -0.15) is 0 Å². The first-order chi connectivity index (χ1) is 4.84. The minimum atomic E-state index is 0.822. The highest BCUT2D eigenvalue weighted by Crippen LogP contribution is 2.27. The fraction of sp³-hybridized carbons (Fsp3) is 1.00. The quantitative estimate of drug-likeness (QED) is 0.556. The molecule has 1 fully saturated rings. The molecule has 0 aromatic carbocycles. The summed E-state index contributed by atoms with van der Waals surface area (Å²) in [6.45, 7) is 3.25. The van der Waals surface area contributed by atoms with Crippen LogP contribution in [-0.4, -0.2) is 6.54 Å². The molecule has 0 bridgehead atoms. The van der Waals surface area contributed by atoms with Crippen molar-refractivity contribution >= 4 is 0 Å². The van der Waals surface area contributed by atoms with Crippen molar-refractivity contribution in [2.75, 3.05) is 6.54 Å². The highest BCUT2D eigenvalue weighted by atomic mass is 14.6. The minimum Gasteiger partial charge on any atom is -0.330 e. The smallest absolute Gasteiger partial charge is 0.00463 e. The van der Waals surface area contributed by atoms with E-state index >= 15 is 0 Å². The van der Waals surface area contributed by atoms with Gasteiger partial charge in [0.2, 0.25) is 0 Å². The maximum Gasteiger partial charge on any atom is -0.00463 e. The van der Waals surface area contributed by atoms with Gasteiger partial charge in [-0.25, -0.2) is 0 Å². The molecule has 1 saturated carbocycles. The fourth-order valence-corrected chi connectivity index (χ4v) is 1.92. The van der Waals surface area contributed by atoms with E-state index in [9.17, 15) is 0 Å². The summed E-state index contributed by atoms with van der Waals surface area (Å²) in [5, 5.41) is 0. The van der Waals surface area contributed by atoms with Crippen LogP contribution in [0.3, 0.4) is 0 Å². The van der Waals surface area contributed by atoms with Crippen molar-refractivity contribution in [1.29, 1.82) is 0 Å². The van der Waals surface area contributed by atoms with Crippen molar-refractivity contribution in [3.05, 3.63) is 0 Å². The number of nitrogens with two attached hydrogens (primary N) is 1. The number of hydrogen-bond donors (Lipinski definition) is 1. The SMILES string of the molecule is CC1CCCCCC1CN. The Balaban J connectivity index is 2.35. The van der Waals surface area contributed by atoms with Gasteiger partial charge in [-0.15, -0.1) is 0 Å². The average Bonchev–Trinajstić information content (AvgIpc) is 2.13. The van der Waals surface area contributed by atoms with Crippen LogP contribution in [0, 0.1) is 11.8 Å². The van der Waals surface area contributed by atoms with Gasteiger partial charge in [0.25, 0.3) is 0 Å². The Morgan fingerprint density at radius 3 is 2.60 bits per heavy atom. The van der Waals surface area contributed by atoms with Gasteiger partial charge < -0.3 is 5.73 Å².